The first-order valence-electron chi connectivity index (χ1n) is 6.03. The number of hydrogen-bond acceptors (Lipinski definition) is 3. The molecule has 100 valence electrons. The second-order valence-electron chi connectivity index (χ2n) is 4.19. The summed E-state index contributed by atoms with van der Waals surface area (Å²) in [4.78, 5) is 0. The van der Waals surface area contributed by atoms with Crippen LogP contribution in [0.2, 0.25) is 0 Å². The van der Waals surface area contributed by atoms with Crippen molar-refractivity contribution >= 4 is 0 Å². The van der Waals surface area contributed by atoms with E-state index in [0.717, 1.165) is 11.1 Å². The second kappa shape index (κ2) is 6.31. The zero-order valence-electron chi connectivity index (χ0n) is 10.7. The van der Waals surface area contributed by atoms with Crippen molar-refractivity contribution in [1.29, 1.82) is 0 Å². The molecule has 2 aromatic rings. The van der Waals surface area contributed by atoms with Gasteiger partial charge in [0, 0.05) is 12.1 Å². The SMILES string of the molecule is CNCc1cc(F)ccc1Oc1ccc(CO)cc1. The summed E-state index contributed by atoms with van der Waals surface area (Å²) in [5, 5.41) is 11.9. The minimum atomic E-state index is -0.284. The van der Waals surface area contributed by atoms with Crippen molar-refractivity contribution in [2.75, 3.05) is 7.05 Å². The van der Waals surface area contributed by atoms with Gasteiger partial charge in [0.2, 0.25) is 0 Å². The van der Waals surface area contributed by atoms with Crippen molar-refractivity contribution in [1.82, 2.24) is 5.32 Å². The van der Waals surface area contributed by atoms with Gasteiger partial charge in [-0.1, -0.05) is 12.1 Å². The lowest BCUT2D eigenvalue weighted by Crippen LogP contribution is -2.06. The molecule has 2 rings (SSSR count). The molecule has 0 saturated carbocycles. The monoisotopic (exact) mass is 261 g/mol. The number of halogens is 1. The van der Waals surface area contributed by atoms with Gasteiger partial charge in [0.25, 0.3) is 0 Å². The van der Waals surface area contributed by atoms with Gasteiger partial charge in [-0.15, -0.1) is 0 Å². The molecule has 2 aromatic carbocycles. The van der Waals surface area contributed by atoms with E-state index in [9.17, 15) is 4.39 Å². The van der Waals surface area contributed by atoms with Crippen LogP contribution in [0.25, 0.3) is 0 Å². The highest BCUT2D eigenvalue weighted by Crippen LogP contribution is 2.26. The fourth-order valence-corrected chi connectivity index (χ4v) is 1.77. The molecule has 0 amide bonds. The average molecular weight is 261 g/mol. The lowest BCUT2D eigenvalue weighted by molar-refractivity contribution is 0.281. The van der Waals surface area contributed by atoms with E-state index in [1.54, 1.807) is 37.4 Å². The molecule has 19 heavy (non-hydrogen) atoms. The summed E-state index contributed by atoms with van der Waals surface area (Å²) in [6.07, 6.45) is 0. The Kier molecular flexibility index (Phi) is 4.49. The minimum absolute atomic E-state index is 0.00182. The Morgan fingerprint density at radius 2 is 1.89 bits per heavy atom. The van der Waals surface area contributed by atoms with E-state index in [0.29, 0.717) is 18.0 Å². The third kappa shape index (κ3) is 3.53. The maximum atomic E-state index is 13.2. The number of benzene rings is 2. The Morgan fingerprint density at radius 1 is 1.16 bits per heavy atom. The van der Waals surface area contributed by atoms with Crippen LogP contribution in [-0.2, 0) is 13.2 Å². The van der Waals surface area contributed by atoms with Gasteiger partial charge in [0.05, 0.1) is 6.61 Å². The van der Waals surface area contributed by atoms with Gasteiger partial charge >= 0.3 is 0 Å². The van der Waals surface area contributed by atoms with Crippen molar-refractivity contribution < 1.29 is 14.2 Å². The fourth-order valence-electron chi connectivity index (χ4n) is 1.77. The van der Waals surface area contributed by atoms with Gasteiger partial charge in [-0.3, -0.25) is 0 Å². The van der Waals surface area contributed by atoms with Crippen LogP contribution in [0.5, 0.6) is 11.5 Å². The molecule has 0 heterocycles. The first-order chi connectivity index (χ1) is 9.22. The summed E-state index contributed by atoms with van der Waals surface area (Å²) < 4.78 is 18.9. The molecule has 2 N–H and O–H groups in total. The minimum Gasteiger partial charge on any atom is -0.457 e. The highest BCUT2D eigenvalue weighted by Gasteiger charge is 2.06. The Balaban J connectivity index is 2.21. The van der Waals surface area contributed by atoms with Crippen LogP contribution in [0.3, 0.4) is 0 Å². The van der Waals surface area contributed by atoms with Crippen LogP contribution in [0.1, 0.15) is 11.1 Å². The highest BCUT2D eigenvalue weighted by atomic mass is 19.1. The quantitative estimate of drug-likeness (QED) is 0.869. The molecule has 0 aliphatic heterocycles. The van der Waals surface area contributed by atoms with E-state index < -0.39 is 0 Å². The maximum absolute atomic E-state index is 13.2. The average Bonchev–Trinajstić information content (AvgIpc) is 2.43. The molecule has 0 aliphatic rings. The zero-order valence-corrected chi connectivity index (χ0v) is 10.7. The van der Waals surface area contributed by atoms with E-state index in [2.05, 4.69) is 5.32 Å². The summed E-state index contributed by atoms with van der Waals surface area (Å²) in [6.45, 7) is 0.531. The van der Waals surface area contributed by atoms with E-state index >= 15 is 0 Å². The summed E-state index contributed by atoms with van der Waals surface area (Å²) in [5.74, 6) is 0.988. The summed E-state index contributed by atoms with van der Waals surface area (Å²) in [5.41, 5.74) is 1.58. The fraction of sp³-hybridized carbons (Fsp3) is 0.200. The molecule has 0 aromatic heterocycles. The van der Waals surface area contributed by atoms with Gasteiger partial charge in [-0.2, -0.15) is 0 Å². The number of nitrogens with one attached hydrogen (secondary N) is 1. The van der Waals surface area contributed by atoms with Crippen LogP contribution in [-0.4, -0.2) is 12.2 Å². The predicted octanol–water partition coefficient (Wildman–Crippen LogP) is 2.83. The molecule has 0 atom stereocenters. The molecular weight excluding hydrogens is 245 g/mol. The lowest BCUT2D eigenvalue weighted by atomic mass is 10.2. The number of hydrogen-bond donors (Lipinski definition) is 2. The zero-order chi connectivity index (χ0) is 13.7. The van der Waals surface area contributed by atoms with Crippen LogP contribution in [0.4, 0.5) is 4.39 Å². The van der Waals surface area contributed by atoms with Gasteiger partial charge in [-0.05, 0) is 42.9 Å². The molecule has 0 unspecified atom stereocenters. The summed E-state index contributed by atoms with van der Waals surface area (Å²) in [6, 6.07) is 11.6. The van der Waals surface area contributed by atoms with Gasteiger partial charge in [0.15, 0.2) is 0 Å². The Morgan fingerprint density at radius 3 is 2.53 bits per heavy atom. The number of ether oxygens (including phenoxy) is 1. The summed E-state index contributed by atoms with van der Waals surface area (Å²) in [7, 11) is 1.80. The molecule has 0 bridgehead atoms. The van der Waals surface area contributed by atoms with Crippen molar-refractivity contribution in [2.45, 2.75) is 13.2 Å². The first-order valence-corrected chi connectivity index (χ1v) is 6.03. The summed E-state index contributed by atoms with van der Waals surface area (Å²) >= 11 is 0. The smallest absolute Gasteiger partial charge is 0.132 e. The molecule has 4 heteroatoms. The maximum Gasteiger partial charge on any atom is 0.132 e. The van der Waals surface area contributed by atoms with Crippen molar-refractivity contribution in [3.8, 4) is 11.5 Å². The topological polar surface area (TPSA) is 41.5 Å². The van der Waals surface area contributed by atoms with Crippen LogP contribution in [0, 0.1) is 5.82 Å². The Labute approximate surface area is 111 Å². The number of rotatable bonds is 5. The third-order valence-corrected chi connectivity index (χ3v) is 2.72. The van der Waals surface area contributed by atoms with Crippen molar-refractivity contribution in [3.05, 3.63) is 59.4 Å². The third-order valence-electron chi connectivity index (χ3n) is 2.72. The van der Waals surface area contributed by atoms with Crippen LogP contribution >= 0.6 is 0 Å². The normalized spacial score (nSPS) is 10.5. The molecule has 0 fully saturated rings. The largest absolute Gasteiger partial charge is 0.457 e. The van der Waals surface area contributed by atoms with Gasteiger partial charge < -0.3 is 15.2 Å². The van der Waals surface area contributed by atoms with Crippen LogP contribution < -0.4 is 10.1 Å². The Hall–Kier alpha value is -1.91. The molecule has 0 spiro atoms. The van der Waals surface area contributed by atoms with Crippen LogP contribution in [0.15, 0.2) is 42.5 Å². The van der Waals surface area contributed by atoms with Gasteiger partial charge in [-0.25, -0.2) is 4.39 Å². The molecule has 0 aliphatic carbocycles. The van der Waals surface area contributed by atoms with Crippen molar-refractivity contribution in [2.24, 2.45) is 0 Å². The Bertz CT molecular complexity index is 540. The second-order valence-corrected chi connectivity index (χ2v) is 4.19. The highest BCUT2D eigenvalue weighted by molar-refractivity contribution is 5.38. The molecule has 0 radical (unpaired) electrons. The molecule has 3 nitrogen and oxygen atoms in total. The molecule has 0 saturated heterocycles. The van der Waals surface area contributed by atoms with E-state index in [4.69, 9.17) is 9.84 Å². The number of aliphatic hydroxyl groups excluding tert-OH is 1. The predicted molar refractivity (Wildman–Crippen MR) is 71.6 cm³/mol. The van der Waals surface area contributed by atoms with E-state index in [1.807, 2.05) is 0 Å². The first kappa shape index (κ1) is 13.5. The van der Waals surface area contributed by atoms with Crippen molar-refractivity contribution in [3.63, 3.8) is 0 Å². The van der Waals surface area contributed by atoms with Gasteiger partial charge in [0.1, 0.15) is 17.3 Å². The van der Waals surface area contributed by atoms with E-state index in [-0.39, 0.29) is 12.4 Å². The molecular formula is C15H16FNO2. The van der Waals surface area contributed by atoms with E-state index in [1.165, 1.54) is 12.1 Å². The standard InChI is InChI=1S/C15H16FNO2/c1-17-9-12-8-13(16)4-7-15(12)19-14-5-2-11(10-18)3-6-14/h2-8,17-18H,9-10H2,1H3. The number of aliphatic hydroxyl groups is 1. The lowest BCUT2D eigenvalue weighted by Gasteiger charge is -2.11.